The standard InChI is InChI=1S/C26H41N5O/c1-11-19(5)23(16-31(10)18(3)4)22-15-28-25(21(22)7)26(32)29-24(20(6)12-2)17-30(9)14-13-27-8/h13-16,19,28H,3,8,11-12,17H2,1-2,4-7,9-10H3,(H,29,32)/b14-13-,23-16+,24-20?. The van der Waals surface area contributed by atoms with Crippen LogP contribution < -0.4 is 5.32 Å². The predicted molar refractivity (Wildman–Crippen MR) is 137 cm³/mol. The van der Waals surface area contributed by atoms with Crippen molar-refractivity contribution in [1.29, 1.82) is 0 Å². The highest BCUT2D eigenvalue weighted by Crippen LogP contribution is 2.30. The molecule has 0 aromatic carbocycles. The summed E-state index contributed by atoms with van der Waals surface area (Å²) in [4.78, 5) is 24.2. The molecule has 1 amide bonds. The Balaban J connectivity index is 3.26. The maximum atomic E-state index is 13.2. The van der Waals surface area contributed by atoms with Gasteiger partial charge in [0, 0.05) is 55.8 Å². The number of H-pyrrole nitrogens is 1. The largest absolute Gasteiger partial charge is 0.373 e. The van der Waals surface area contributed by atoms with Crippen molar-refractivity contribution < 1.29 is 4.79 Å². The minimum atomic E-state index is -0.132. The van der Waals surface area contributed by atoms with E-state index < -0.39 is 0 Å². The van der Waals surface area contributed by atoms with Crippen LogP contribution in [0.3, 0.4) is 0 Å². The fourth-order valence-electron chi connectivity index (χ4n) is 3.19. The van der Waals surface area contributed by atoms with Gasteiger partial charge in [-0.25, -0.2) is 0 Å². The van der Waals surface area contributed by atoms with Crippen molar-refractivity contribution in [2.45, 2.75) is 54.4 Å². The third kappa shape index (κ3) is 7.29. The Hall–Kier alpha value is -3.02. The molecule has 1 rings (SSSR count). The van der Waals surface area contributed by atoms with Crippen LogP contribution in [0.15, 0.2) is 53.3 Å². The topological polar surface area (TPSA) is 63.7 Å². The lowest BCUT2D eigenvalue weighted by Crippen LogP contribution is -2.30. The molecule has 1 unspecified atom stereocenters. The zero-order chi connectivity index (χ0) is 24.4. The third-order valence-electron chi connectivity index (χ3n) is 5.90. The molecule has 2 N–H and O–H groups in total. The Morgan fingerprint density at radius 1 is 1.31 bits per heavy atom. The van der Waals surface area contributed by atoms with Gasteiger partial charge in [0.05, 0.1) is 6.54 Å². The number of aromatic amines is 1. The van der Waals surface area contributed by atoms with Crippen LogP contribution in [0.4, 0.5) is 0 Å². The second kappa shape index (κ2) is 12.7. The Morgan fingerprint density at radius 3 is 2.50 bits per heavy atom. The summed E-state index contributed by atoms with van der Waals surface area (Å²) in [6.07, 6.45) is 9.39. The van der Waals surface area contributed by atoms with Crippen molar-refractivity contribution in [2.24, 2.45) is 10.9 Å². The molecule has 0 spiro atoms. The van der Waals surface area contributed by atoms with E-state index in [4.69, 9.17) is 0 Å². The Bertz CT molecular complexity index is 903. The van der Waals surface area contributed by atoms with E-state index in [2.05, 4.69) is 55.6 Å². The van der Waals surface area contributed by atoms with Gasteiger partial charge < -0.3 is 20.1 Å². The number of carbonyl (C=O) groups is 1. The highest BCUT2D eigenvalue weighted by Gasteiger charge is 2.21. The zero-order valence-corrected chi connectivity index (χ0v) is 21.2. The lowest BCUT2D eigenvalue weighted by atomic mass is 9.91. The van der Waals surface area contributed by atoms with Gasteiger partial charge >= 0.3 is 0 Å². The Kier molecular flexibility index (Phi) is 10.8. The number of allylic oxidation sites excluding steroid dienone is 3. The molecule has 0 fully saturated rings. The van der Waals surface area contributed by atoms with Gasteiger partial charge in [-0.15, -0.1) is 0 Å². The van der Waals surface area contributed by atoms with Crippen molar-refractivity contribution in [3.63, 3.8) is 0 Å². The van der Waals surface area contributed by atoms with Crippen LogP contribution >= 0.6 is 0 Å². The Morgan fingerprint density at radius 2 is 1.97 bits per heavy atom. The second-order valence-corrected chi connectivity index (χ2v) is 8.40. The minimum Gasteiger partial charge on any atom is -0.373 e. The van der Waals surface area contributed by atoms with Crippen molar-refractivity contribution in [2.75, 3.05) is 20.6 Å². The van der Waals surface area contributed by atoms with E-state index in [0.717, 1.165) is 40.9 Å². The zero-order valence-electron chi connectivity index (χ0n) is 21.2. The number of rotatable bonds is 12. The van der Waals surface area contributed by atoms with Crippen molar-refractivity contribution in [3.8, 4) is 0 Å². The summed E-state index contributed by atoms with van der Waals surface area (Å²) in [5.74, 6) is 0.214. The lowest BCUT2D eigenvalue weighted by molar-refractivity contribution is 0.0958. The SMILES string of the molecule is C=N/C=C\N(C)CC(NC(=O)c1[nH]cc(/C(=C/N(C)C(=C)C)C(C)CC)c1C)=C(C)CC. The second-order valence-electron chi connectivity index (χ2n) is 8.40. The monoisotopic (exact) mass is 439 g/mol. The number of carbonyl (C=O) groups excluding carboxylic acids is 1. The summed E-state index contributed by atoms with van der Waals surface area (Å²) in [7, 11) is 3.94. The lowest BCUT2D eigenvalue weighted by Gasteiger charge is -2.21. The normalized spacial score (nSPS) is 13.6. The molecular weight excluding hydrogens is 398 g/mol. The van der Waals surface area contributed by atoms with Crippen LogP contribution in [0.1, 0.15) is 69.1 Å². The number of amides is 1. The van der Waals surface area contributed by atoms with Crippen LogP contribution in [0.5, 0.6) is 0 Å². The summed E-state index contributed by atoms with van der Waals surface area (Å²) < 4.78 is 0. The molecule has 1 atom stereocenters. The molecule has 0 bridgehead atoms. The van der Waals surface area contributed by atoms with E-state index >= 15 is 0 Å². The summed E-state index contributed by atoms with van der Waals surface area (Å²) in [5, 5.41) is 3.13. The summed E-state index contributed by atoms with van der Waals surface area (Å²) in [5.41, 5.74) is 6.77. The molecule has 1 heterocycles. The van der Waals surface area contributed by atoms with E-state index in [1.54, 1.807) is 6.20 Å². The van der Waals surface area contributed by atoms with Gasteiger partial charge in [0.25, 0.3) is 5.91 Å². The molecule has 0 aliphatic carbocycles. The van der Waals surface area contributed by atoms with Gasteiger partial charge in [0.1, 0.15) is 5.69 Å². The number of hydrogen-bond donors (Lipinski definition) is 2. The Labute approximate surface area is 194 Å². The molecule has 32 heavy (non-hydrogen) atoms. The highest BCUT2D eigenvalue weighted by molar-refractivity contribution is 5.96. The average Bonchev–Trinajstić information content (AvgIpc) is 3.14. The number of nitrogens with zero attached hydrogens (tertiary/aromatic N) is 3. The van der Waals surface area contributed by atoms with Crippen molar-refractivity contribution >= 4 is 18.2 Å². The summed E-state index contributed by atoms with van der Waals surface area (Å²) in [6, 6.07) is 0. The van der Waals surface area contributed by atoms with Crippen molar-refractivity contribution in [1.82, 2.24) is 20.1 Å². The van der Waals surface area contributed by atoms with E-state index in [0.29, 0.717) is 18.2 Å². The smallest absolute Gasteiger partial charge is 0.272 e. The maximum absolute atomic E-state index is 13.2. The van der Waals surface area contributed by atoms with Crippen LogP contribution in [0, 0.1) is 12.8 Å². The molecule has 6 heteroatoms. The molecule has 0 saturated heterocycles. The van der Waals surface area contributed by atoms with Gasteiger partial charge in [0.2, 0.25) is 0 Å². The molecular formula is C26H41N5O. The van der Waals surface area contributed by atoms with Crippen LogP contribution in [0.2, 0.25) is 0 Å². The molecule has 0 aliphatic heterocycles. The van der Waals surface area contributed by atoms with Gasteiger partial charge in [-0.05, 0) is 57.4 Å². The van der Waals surface area contributed by atoms with Crippen LogP contribution in [-0.2, 0) is 0 Å². The number of hydrogen-bond acceptors (Lipinski definition) is 4. The number of nitrogens with one attached hydrogen (secondary N) is 2. The molecule has 0 radical (unpaired) electrons. The molecule has 6 nitrogen and oxygen atoms in total. The summed E-state index contributed by atoms with van der Waals surface area (Å²) >= 11 is 0. The van der Waals surface area contributed by atoms with Gasteiger partial charge in [-0.3, -0.25) is 9.79 Å². The molecule has 176 valence electrons. The summed E-state index contributed by atoms with van der Waals surface area (Å²) in [6.45, 7) is 20.6. The first-order chi connectivity index (χ1) is 15.1. The molecule has 0 saturated carbocycles. The third-order valence-corrected chi connectivity index (χ3v) is 5.90. The maximum Gasteiger partial charge on any atom is 0.272 e. The van der Waals surface area contributed by atoms with Crippen LogP contribution in [-0.4, -0.2) is 48.0 Å². The van der Waals surface area contributed by atoms with Crippen LogP contribution in [0.25, 0.3) is 5.57 Å². The van der Waals surface area contributed by atoms with Gasteiger partial charge in [-0.1, -0.05) is 32.9 Å². The fourth-order valence-corrected chi connectivity index (χ4v) is 3.19. The average molecular weight is 440 g/mol. The number of likely N-dealkylation sites (N-methyl/N-ethyl adjacent to an activating group) is 1. The molecule has 1 aromatic rings. The molecule has 0 aliphatic rings. The first-order valence-electron chi connectivity index (χ1n) is 11.2. The van der Waals surface area contributed by atoms with E-state index in [9.17, 15) is 4.79 Å². The van der Waals surface area contributed by atoms with E-state index in [1.807, 2.05) is 57.1 Å². The first kappa shape index (κ1) is 27.0. The fraction of sp³-hybridized carbons (Fsp3) is 0.462. The highest BCUT2D eigenvalue weighted by atomic mass is 16.1. The van der Waals surface area contributed by atoms with E-state index in [-0.39, 0.29) is 5.91 Å². The quantitative estimate of drug-likeness (QED) is 0.411. The van der Waals surface area contributed by atoms with Gasteiger partial charge in [-0.2, -0.15) is 0 Å². The predicted octanol–water partition coefficient (Wildman–Crippen LogP) is 5.69. The number of aromatic nitrogens is 1. The van der Waals surface area contributed by atoms with Gasteiger partial charge in [0.15, 0.2) is 0 Å². The first-order valence-corrected chi connectivity index (χ1v) is 11.2. The minimum absolute atomic E-state index is 0.132. The molecule has 1 aromatic heterocycles. The number of aliphatic imine (C=N–C) groups is 1. The van der Waals surface area contributed by atoms with E-state index in [1.165, 1.54) is 5.57 Å². The van der Waals surface area contributed by atoms with Crippen molar-refractivity contribution in [3.05, 3.63) is 65.2 Å².